The van der Waals surface area contributed by atoms with E-state index >= 15 is 0 Å². The van der Waals surface area contributed by atoms with Gasteiger partial charge in [-0.25, -0.2) is 4.98 Å². The van der Waals surface area contributed by atoms with Crippen molar-refractivity contribution in [2.75, 3.05) is 13.1 Å². The summed E-state index contributed by atoms with van der Waals surface area (Å²) in [7, 11) is 0. The lowest BCUT2D eigenvalue weighted by molar-refractivity contribution is -0.130. The monoisotopic (exact) mass is 388 g/mol. The van der Waals surface area contributed by atoms with Crippen LogP contribution in [0.2, 0.25) is 0 Å². The fourth-order valence-corrected chi connectivity index (χ4v) is 3.60. The Morgan fingerprint density at radius 2 is 1.72 bits per heavy atom. The van der Waals surface area contributed by atoms with Gasteiger partial charge in [-0.3, -0.25) is 9.59 Å². The average molecular weight is 388 g/mol. The number of benzene rings is 2. The summed E-state index contributed by atoms with van der Waals surface area (Å²) in [4.78, 5) is 31.5. The van der Waals surface area contributed by atoms with E-state index in [1.807, 2.05) is 64.1 Å². The van der Waals surface area contributed by atoms with E-state index in [1.54, 1.807) is 6.08 Å². The van der Waals surface area contributed by atoms with Crippen molar-refractivity contribution in [3.63, 3.8) is 0 Å². The zero-order valence-electron chi connectivity index (χ0n) is 16.3. The zero-order valence-corrected chi connectivity index (χ0v) is 16.3. The number of fused-ring (bicyclic) bond motifs is 1. The van der Waals surface area contributed by atoms with Crippen molar-refractivity contribution in [3.05, 3.63) is 72.1 Å². The van der Waals surface area contributed by atoms with E-state index in [4.69, 9.17) is 0 Å². The van der Waals surface area contributed by atoms with E-state index in [0.717, 1.165) is 42.5 Å². The SMILES string of the molecule is O=C(/C=C\c1ccccc1)NCc1nc2ccccc2n1CC(=O)N1CCCC1. The third-order valence-corrected chi connectivity index (χ3v) is 5.13. The molecule has 1 saturated heterocycles. The van der Waals surface area contributed by atoms with Crippen molar-refractivity contribution in [1.29, 1.82) is 0 Å². The van der Waals surface area contributed by atoms with Gasteiger partial charge < -0.3 is 14.8 Å². The number of amides is 2. The molecule has 0 aliphatic carbocycles. The second-order valence-corrected chi connectivity index (χ2v) is 7.15. The van der Waals surface area contributed by atoms with Crippen molar-refractivity contribution < 1.29 is 9.59 Å². The summed E-state index contributed by atoms with van der Waals surface area (Å²) in [5.74, 6) is 0.584. The Kier molecular flexibility index (Phi) is 5.70. The smallest absolute Gasteiger partial charge is 0.244 e. The predicted octanol–water partition coefficient (Wildman–Crippen LogP) is 2.99. The van der Waals surface area contributed by atoms with Gasteiger partial charge in [0.2, 0.25) is 11.8 Å². The van der Waals surface area contributed by atoms with Gasteiger partial charge in [-0.05, 0) is 36.6 Å². The lowest BCUT2D eigenvalue weighted by Crippen LogP contribution is -2.32. The number of hydrogen-bond acceptors (Lipinski definition) is 3. The maximum absolute atomic E-state index is 12.7. The van der Waals surface area contributed by atoms with Gasteiger partial charge in [0.1, 0.15) is 12.4 Å². The van der Waals surface area contributed by atoms with Crippen LogP contribution in [0.4, 0.5) is 0 Å². The molecular formula is C23H24N4O2. The summed E-state index contributed by atoms with van der Waals surface area (Å²) in [5.41, 5.74) is 2.70. The summed E-state index contributed by atoms with van der Waals surface area (Å²) < 4.78 is 1.91. The van der Waals surface area contributed by atoms with Gasteiger partial charge in [0.15, 0.2) is 0 Å². The summed E-state index contributed by atoms with van der Waals surface area (Å²) in [6.07, 6.45) is 5.41. The van der Waals surface area contributed by atoms with Gasteiger partial charge in [0, 0.05) is 19.2 Å². The molecule has 148 valence electrons. The maximum atomic E-state index is 12.7. The topological polar surface area (TPSA) is 67.2 Å². The molecule has 3 aromatic rings. The van der Waals surface area contributed by atoms with E-state index in [9.17, 15) is 9.59 Å². The first-order valence-electron chi connectivity index (χ1n) is 9.93. The van der Waals surface area contributed by atoms with Crippen molar-refractivity contribution >= 4 is 28.9 Å². The first kappa shape index (κ1) is 18.9. The largest absolute Gasteiger partial charge is 0.345 e. The molecule has 2 heterocycles. The predicted molar refractivity (Wildman–Crippen MR) is 113 cm³/mol. The molecule has 0 unspecified atom stereocenters. The highest BCUT2D eigenvalue weighted by Crippen LogP contribution is 2.17. The fraction of sp³-hybridized carbons (Fsp3) is 0.261. The van der Waals surface area contributed by atoms with E-state index in [2.05, 4.69) is 10.3 Å². The van der Waals surface area contributed by atoms with Gasteiger partial charge in [0.25, 0.3) is 0 Å². The zero-order chi connectivity index (χ0) is 20.1. The number of hydrogen-bond donors (Lipinski definition) is 1. The van der Waals surface area contributed by atoms with Crippen LogP contribution < -0.4 is 5.32 Å². The highest BCUT2D eigenvalue weighted by atomic mass is 16.2. The highest BCUT2D eigenvalue weighted by molar-refractivity contribution is 5.91. The molecule has 0 radical (unpaired) electrons. The number of aromatic nitrogens is 2. The van der Waals surface area contributed by atoms with Crippen LogP contribution in [0.5, 0.6) is 0 Å². The fourth-order valence-electron chi connectivity index (χ4n) is 3.60. The lowest BCUT2D eigenvalue weighted by atomic mass is 10.2. The first-order chi connectivity index (χ1) is 14.2. The standard InChI is InChI=1S/C23H24N4O2/c28-22(13-12-18-8-2-1-3-9-18)24-16-21-25-19-10-4-5-11-20(19)27(21)17-23(29)26-14-6-7-15-26/h1-5,8-13H,6-7,14-17H2,(H,24,28)/b13-12-. The van der Waals surface area contributed by atoms with E-state index in [1.165, 1.54) is 6.08 Å². The Hall–Kier alpha value is -3.41. The number of para-hydroxylation sites is 2. The maximum Gasteiger partial charge on any atom is 0.244 e. The Bertz CT molecular complexity index is 1030. The minimum Gasteiger partial charge on any atom is -0.345 e. The van der Waals surface area contributed by atoms with E-state index < -0.39 is 0 Å². The average Bonchev–Trinajstić information content (AvgIpc) is 3.40. The Morgan fingerprint density at radius 1 is 1.00 bits per heavy atom. The number of imidazole rings is 1. The summed E-state index contributed by atoms with van der Waals surface area (Å²) in [5, 5.41) is 2.88. The molecule has 29 heavy (non-hydrogen) atoms. The molecule has 0 bridgehead atoms. The van der Waals surface area contributed by atoms with Crippen LogP contribution in [-0.4, -0.2) is 39.4 Å². The first-order valence-corrected chi connectivity index (χ1v) is 9.93. The summed E-state index contributed by atoms with van der Waals surface area (Å²) in [6, 6.07) is 17.4. The Labute approximate surface area is 169 Å². The van der Waals surface area contributed by atoms with Crippen LogP contribution in [0, 0.1) is 0 Å². The van der Waals surface area contributed by atoms with Gasteiger partial charge in [-0.15, -0.1) is 0 Å². The van der Waals surface area contributed by atoms with Crippen molar-refractivity contribution in [2.45, 2.75) is 25.9 Å². The third kappa shape index (κ3) is 4.54. The molecule has 1 aliphatic rings. The normalized spacial score (nSPS) is 14.0. The number of nitrogens with one attached hydrogen (secondary N) is 1. The second kappa shape index (κ2) is 8.73. The van der Waals surface area contributed by atoms with Gasteiger partial charge in [-0.1, -0.05) is 42.5 Å². The summed E-state index contributed by atoms with van der Waals surface area (Å²) >= 11 is 0. The second-order valence-electron chi connectivity index (χ2n) is 7.15. The molecule has 1 fully saturated rings. The highest BCUT2D eigenvalue weighted by Gasteiger charge is 2.20. The number of likely N-dealkylation sites (tertiary alicyclic amines) is 1. The molecule has 0 saturated carbocycles. The molecule has 2 aromatic carbocycles. The van der Waals surface area contributed by atoms with Crippen LogP contribution >= 0.6 is 0 Å². The molecule has 1 aromatic heterocycles. The van der Waals surface area contributed by atoms with Crippen LogP contribution in [0.3, 0.4) is 0 Å². The van der Waals surface area contributed by atoms with Gasteiger partial charge >= 0.3 is 0 Å². The molecule has 2 amide bonds. The van der Waals surface area contributed by atoms with Crippen LogP contribution in [0.15, 0.2) is 60.7 Å². The lowest BCUT2D eigenvalue weighted by Gasteiger charge is -2.17. The van der Waals surface area contributed by atoms with E-state index in [0.29, 0.717) is 5.82 Å². The third-order valence-electron chi connectivity index (χ3n) is 5.13. The van der Waals surface area contributed by atoms with Crippen molar-refractivity contribution in [1.82, 2.24) is 19.8 Å². The van der Waals surface area contributed by atoms with Gasteiger partial charge in [0.05, 0.1) is 17.6 Å². The minimum atomic E-state index is -0.196. The molecule has 0 spiro atoms. The quantitative estimate of drug-likeness (QED) is 0.660. The van der Waals surface area contributed by atoms with Crippen LogP contribution in [-0.2, 0) is 22.7 Å². The van der Waals surface area contributed by atoms with Crippen molar-refractivity contribution in [2.24, 2.45) is 0 Å². The number of nitrogens with zero attached hydrogens (tertiary/aromatic N) is 3. The molecular weight excluding hydrogens is 364 g/mol. The Balaban J connectivity index is 1.48. The molecule has 6 nitrogen and oxygen atoms in total. The molecule has 6 heteroatoms. The van der Waals surface area contributed by atoms with Crippen LogP contribution in [0.25, 0.3) is 17.1 Å². The van der Waals surface area contributed by atoms with Gasteiger partial charge in [-0.2, -0.15) is 0 Å². The van der Waals surface area contributed by atoms with Crippen LogP contribution in [0.1, 0.15) is 24.2 Å². The van der Waals surface area contributed by atoms with E-state index in [-0.39, 0.29) is 24.9 Å². The Morgan fingerprint density at radius 3 is 2.52 bits per heavy atom. The number of rotatable bonds is 6. The number of carbonyl (C=O) groups excluding carboxylic acids is 2. The number of carbonyl (C=O) groups is 2. The summed E-state index contributed by atoms with van der Waals surface area (Å²) in [6.45, 7) is 2.15. The molecule has 4 rings (SSSR count). The van der Waals surface area contributed by atoms with Crippen molar-refractivity contribution in [3.8, 4) is 0 Å². The molecule has 1 N–H and O–H groups in total. The minimum absolute atomic E-state index is 0.0993. The molecule has 1 aliphatic heterocycles. The molecule has 0 atom stereocenters.